The summed E-state index contributed by atoms with van der Waals surface area (Å²) in [4.78, 5) is 38.7. The molecule has 0 unspecified atom stereocenters. The van der Waals surface area contributed by atoms with Crippen LogP contribution in [0.3, 0.4) is 0 Å². The number of aliphatic hydroxyl groups is 1. The lowest BCUT2D eigenvalue weighted by atomic mass is 9.95. The van der Waals surface area contributed by atoms with Crippen molar-refractivity contribution in [2.24, 2.45) is 5.92 Å². The zero-order valence-electron chi connectivity index (χ0n) is 23.4. The Hall–Kier alpha value is -2.72. The lowest BCUT2D eigenvalue weighted by molar-refractivity contribution is -0.135. The fraction of sp³-hybridized carbons (Fsp3) is 0.533. The van der Waals surface area contributed by atoms with Gasteiger partial charge in [-0.3, -0.25) is 9.59 Å². The molecule has 9 heteroatoms. The number of carbonyl (C=O) groups excluding carboxylic acids is 2. The van der Waals surface area contributed by atoms with Gasteiger partial charge in [0.1, 0.15) is 5.75 Å². The van der Waals surface area contributed by atoms with Crippen molar-refractivity contribution in [1.29, 1.82) is 0 Å². The van der Waals surface area contributed by atoms with Gasteiger partial charge in [0.2, 0.25) is 5.91 Å². The average molecular weight is 555 g/mol. The Kier molecular flexibility index (Phi) is 9.48. The van der Waals surface area contributed by atoms with E-state index in [0.717, 1.165) is 36.9 Å². The van der Waals surface area contributed by atoms with E-state index in [1.165, 1.54) is 0 Å². The molecule has 39 heavy (non-hydrogen) atoms. The molecule has 212 valence electrons. The number of methoxy groups -OCH3 is 1. The van der Waals surface area contributed by atoms with E-state index < -0.39 is 8.32 Å². The van der Waals surface area contributed by atoms with E-state index >= 15 is 0 Å². The van der Waals surface area contributed by atoms with Gasteiger partial charge in [-0.2, -0.15) is 0 Å². The smallest absolute Gasteiger partial charge is 0.255 e. The van der Waals surface area contributed by atoms with E-state index in [1.54, 1.807) is 36.3 Å². The van der Waals surface area contributed by atoms with Gasteiger partial charge in [-0.1, -0.05) is 19.1 Å². The van der Waals surface area contributed by atoms with Crippen molar-refractivity contribution in [3.05, 3.63) is 59.7 Å². The molecule has 0 radical (unpaired) electrons. The number of anilines is 1. The van der Waals surface area contributed by atoms with Gasteiger partial charge < -0.3 is 29.6 Å². The first-order valence-corrected chi connectivity index (χ1v) is 17.0. The van der Waals surface area contributed by atoms with Crippen molar-refractivity contribution < 1.29 is 29.0 Å². The van der Waals surface area contributed by atoms with E-state index in [-0.39, 0.29) is 54.6 Å². The Balaban J connectivity index is 1.38. The number of hydrogen-bond donors (Lipinski definition) is 3. The normalized spacial score (nSPS) is 25.1. The lowest BCUT2D eigenvalue weighted by Crippen LogP contribution is -2.43. The zero-order chi connectivity index (χ0) is 28.2. The number of likely N-dealkylation sites (tertiary alicyclic amines) is 1. The number of aliphatic hydroxyl groups excluding tert-OH is 1. The summed E-state index contributed by atoms with van der Waals surface area (Å²) in [5.41, 5.74) is 2.31. The molecule has 2 aromatic rings. The number of rotatable bonds is 10. The van der Waals surface area contributed by atoms with Crippen LogP contribution in [0.5, 0.6) is 5.75 Å². The van der Waals surface area contributed by atoms with Gasteiger partial charge in [0, 0.05) is 23.3 Å². The van der Waals surface area contributed by atoms with Crippen LogP contribution >= 0.6 is 0 Å². The second-order valence-corrected chi connectivity index (χ2v) is 15.4. The first-order chi connectivity index (χ1) is 18.6. The Morgan fingerprint density at radius 2 is 1.90 bits per heavy atom. The molecule has 2 aliphatic heterocycles. The van der Waals surface area contributed by atoms with Crippen LogP contribution in [0.15, 0.2) is 48.5 Å². The number of nitrogens with zero attached hydrogens (tertiary/aromatic N) is 1. The Morgan fingerprint density at radius 3 is 2.56 bits per heavy atom. The molecule has 0 spiro atoms. The van der Waals surface area contributed by atoms with Crippen LogP contribution < -0.4 is 10.1 Å². The third-order valence-corrected chi connectivity index (χ3v) is 10.8. The van der Waals surface area contributed by atoms with Gasteiger partial charge in [-0.15, -0.1) is 0 Å². The average Bonchev–Trinajstić information content (AvgIpc) is 3.51. The highest BCUT2D eigenvalue weighted by atomic mass is 28.4. The number of hydrogen-bond acceptors (Lipinski definition) is 6. The van der Waals surface area contributed by atoms with Gasteiger partial charge in [-0.25, -0.2) is 0 Å². The predicted molar refractivity (Wildman–Crippen MR) is 153 cm³/mol. The van der Waals surface area contributed by atoms with Crippen molar-refractivity contribution >= 4 is 25.8 Å². The van der Waals surface area contributed by atoms with E-state index in [4.69, 9.17) is 9.47 Å². The minimum absolute atomic E-state index is 0.00736. The van der Waals surface area contributed by atoms with Crippen LogP contribution in [0.2, 0.25) is 18.6 Å². The monoisotopic (exact) mass is 554 g/mol. The van der Waals surface area contributed by atoms with Gasteiger partial charge in [-0.05, 0) is 86.7 Å². The van der Waals surface area contributed by atoms with Gasteiger partial charge in [0.15, 0.2) is 8.32 Å². The molecule has 3 N–H and O–H groups in total. The molecule has 0 aromatic heterocycles. The minimum Gasteiger partial charge on any atom is -0.497 e. The van der Waals surface area contributed by atoms with Crippen molar-refractivity contribution in [2.75, 3.05) is 25.6 Å². The third-order valence-electron chi connectivity index (χ3n) is 8.26. The van der Waals surface area contributed by atoms with Crippen LogP contribution in [-0.4, -0.2) is 73.4 Å². The summed E-state index contributed by atoms with van der Waals surface area (Å²) in [6.07, 6.45) is 3.09. The highest BCUT2D eigenvalue weighted by Crippen LogP contribution is 2.45. The molecular weight excluding hydrogens is 512 g/mol. The maximum Gasteiger partial charge on any atom is 0.255 e. The van der Waals surface area contributed by atoms with Gasteiger partial charge >= 0.3 is 0 Å². The molecule has 4 rings (SSSR count). The highest BCUT2D eigenvalue weighted by molar-refractivity contribution is 6.71. The standard InChI is InChI=1S/C30H42N2O6Si/c1-20-26(38-27(29(20)39(3,4)36)18-28(34)32-16-6-9-24(32)19-33)15-10-21-7-5-8-23(17-21)31-30(35)22-11-13-25(37-2)14-12-22/h5,7-8,11-14,17,20,24,26-27,29,33,36H,6,9-10,15-16,18-19H2,1-4H3,(H,31,35)/t20-,24+,26+,27-,29+/m1/s1. The van der Waals surface area contributed by atoms with Gasteiger partial charge in [0.05, 0.1) is 38.4 Å². The predicted octanol–water partition coefficient (Wildman–Crippen LogP) is 4.22. The van der Waals surface area contributed by atoms with Crippen molar-refractivity contribution in [2.45, 2.75) is 75.9 Å². The molecular formula is C30H42N2O6Si. The molecule has 2 fully saturated rings. The number of ether oxygens (including phenoxy) is 2. The van der Waals surface area contributed by atoms with Crippen LogP contribution in [0.25, 0.3) is 0 Å². The summed E-state index contributed by atoms with van der Waals surface area (Å²) < 4.78 is 11.7. The Morgan fingerprint density at radius 1 is 1.15 bits per heavy atom. The lowest BCUT2D eigenvalue weighted by Gasteiger charge is -2.31. The van der Waals surface area contributed by atoms with Crippen LogP contribution in [0, 0.1) is 5.92 Å². The van der Waals surface area contributed by atoms with Crippen LogP contribution in [-0.2, 0) is 16.0 Å². The molecule has 5 atom stereocenters. The quantitative estimate of drug-likeness (QED) is 0.380. The van der Waals surface area contributed by atoms with E-state index in [1.807, 2.05) is 37.4 Å². The summed E-state index contributed by atoms with van der Waals surface area (Å²) in [7, 11) is -1.01. The number of amides is 2. The Bertz CT molecular complexity index is 1140. The topological polar surface area (TPSA) is 108 Å². The van der Waals surface area contributed by atoms with Crippen LogP contribution in [0.4, 0.5) is 5.69 Å². The highest BCUT2D eigenvalue weighted by Gasteiger charge is 2.50. The Labute approximate surface area is 232 Å². The number of aryl methyl sites for hydroxylation is 1. The van der Waals surface area contributed by atoms with Crippen LogP contribution in [0.1, 0.15) is 48.5 Å². The number of benzene rings is 2. The zero-order valence-corrected chi connectivity index (χ0v) is 24.4. The second-order valence-electron chi connectivity index (χ2n) is 11.4. The summed E-state index contributed by atoms with van der Waals surface area (Å²) in [5.74, 6) is 0.644. The summed E-state index contributed by atoms with van der Waals surface area (Å²) in [5, 5.41) is 12.6. The molecule has 0 aliphatic carbocycles. The fourth-order valence-electron chi connectivity index (χ4n) is 6.31. The molecule has 2 aliphatic rings. The third kappa shape index (κ3) is 7.08. The van der Waals surface area contributed by atoms with Crippen molar-refractivity contribution in [3.8, 4) is 5.75 Å². The maximum atomic E-state index is 13.1. The minimum atomic E-state index is -2.60. The summed E-state index contributed by atoms with van der Waals surface area (Å²) in [6, 6.07) is 14.7. The van der Waals surface area contributed by atoms with E-state index in [0.29, 0.717) is 17.9 Å². The SMILES string of the molecule is COc1ccc(C(=O)Nc2cccc(CC[C@@H]3O[C@H](CC(=O)N4CCC[C@H]4CO)[C@@H]([Si](C)(C)O)[C@@H]3C)c2)cc1. The van der Waals surface area contributed by atoms with Gasteiger partial charge in [0.25, 0.3) is 5.91 Å². The molecule has 2 saturated heterocycles. The molecule has 8 nitrogen and oxygen atoms in total. The summed E-state index contributed by atoms with van der Waals surface area (Å²) in [6.45, 7) is 6.64. The largest absolute Gasteiger partial charge is 0.497 e. The molecule has 2 aromatic carbocycles. The number of carbonyl (C=O) groups is 2. The first-order valence-electron chi connectivity index (χ1n) is 13.9. The summed E-state index contributed by atoms with van der Waals surface area (Å²) >= 11 is 0. The molecule has 2 heterocycles. The van der Waals surface area contributed by atoms with Crippen molar-refractivity contribution in [1.82, 2.24) is 4.90 Å². The van der Waals surface area contributed by atoms with E-state index in [2.05, 4.69) is 12.2 Å². The maximum absolute atomic E-state index is 13.1. The molecule has 2 amide bonds. The van der Waals surface area contributed by atoms with Crippen molar-refractivity contribution in [3.63, 3.8) is 0 Å². The number of nitrogens with one attached hydrogen (secondary N) is 1. The van der Waals surface area contributed by atoms with E-state index in [9.17, 15) is 19.5 Å². The molecule has 0 saturated carbocycles. The molecule has 0 bridgehead atoms. The fourth-order valence-corrected chi connectivity index (χ4v) is 8.92. The first kappa shape index (κ1) is 29.3. The second kappa shape index (κ2) is 12.6.